The maximum Gasteiger partial charge on any atom is 0.253 e. The lowest BCUT2D eigenvalue weighted by Gasteiger charge is -2.12. The summed E-state index contributed by atoms with van der Waals surface area (Å²) in [5.41, 5.74) is 1.65. The van der Waals surface area contributed by atoms with Crippen molar-refractivity contribution < 1.29 is 14.7 Å². The van der Waals surface area contributed by atoms with Gasteiger partial charge in [0.25, 0.3) is 5.91 Å². The Morgan fingerprint density at radius 1 is 1.13 bits per heavy atom. The highest BCUT2D eigenvalue weighted by molar-refractivity contribution is 5.95. The minimum atomic E-state index is -1.31. The van der Waals surface area contributed by atoms with E-state index in [-0.39, 0.29) is 6.54 Å². The van der Waals surface area contributed by atoms with Gasteiger partial charge in [-0.1, -0.05) is 42.3 Å². The number of nitrogens with one attached hydrogen (secondary N) is 2. The molecule has 2 aromatic rings. The number of anilines is 1. The molecule has 0 aromatic heterocycles. The van der Waals surface area contributed by atoms with Crippen LogP contribution in [0.3, 0.4) is 0 Å². The van der Waals surface area contributed by atoms with Gasteiger partial charge in [-0.3, -0.25) is 9.59 Å². The first kappa shape index (κ1) is 16.3. The second-order valence-corrected chi connectivity index (χ2v) is 4.80. The van der Waals surface area contributed by atoms with Crippen molar-refractivity contribution in [3.8, 4) is 12.3 Å². The fourth-order valence-corrected chi connectivity index (χ4v) is 1.94. The van der Waals surface area contributed by atoms with E-state index in [0.717, 1.165) is 0 Å². The van der Waals surface area contributed by atoms with Crippen molar-refractivity contribution in [3.05, 3.63) is 65.7 Å². The van der Waals surface area contributed by atoms with Crippen LogP contribution < -0.4 is 10.6 Å². The van der Waals surface area contributed by atoms with Gasteiger partial charge in [0.15, 0.2) is 6.10 Å². The average molecular weight is 308 g/mol. The van der Waals surface area contributed by atoms with Crippen LogP contribution in [-0.2, 0) is 9.59 Å². The number of rotatable bonds is 5. The molecule has 2 rings (SSSR count). The van der Waals surface area contributed by atoms with E-state index >= 15 is 0 Å². The maximum atomic E-state index is 11.8. The summed E-state index contributed by atoms with van der Waals surface area (Å²) < 4.78 is 0. The molecule has 2 amide bonds. The Hall–Kier alpha value is -3.10. The molecule has 0 radical (unpaired) electrons. The average Bonchev–Trinajstić information content (AvgIpc) is 2.60. The van der Waals surface area contributed by atoms with Gasteiger partial charge < -0.3 is 15.7 Å². The molecule has 0 fully saturated rings. The molecule has 5 heteroatoms. The number of hydrogen-bond acceptors (Lipinski definition) is 3. The van der Waals surface area contributed by atoms with Crippen molar-refractivity contribution >= 4 is 17.5 Å². The van der Waals surface area contributed by atoms with Crippen molar-refractivity contribution in [3.63, 3.8) is 0 Å². The number of amides is 2. The molecule has 116 valence electrons. The molecule has 0 aliphatic rings. The van der Waals surface area contributed by atoms with Crippen molar-refractivity contribution in [1.82, 2.24) is 5.32 Å². The third-order valence-corrected chi connectivity index (χ3v) is 3.10. The number of benzene rings is 2. The van der Waals surface area contributed by atoms with Gasteiger partial charge in [-0.25, -0.2) is 0 Å². The third kappa shape index (κ3) is 4.70. The number of carbonyl (C=O) groups is 2. The summed E-state index contributed by atoms with van der Waals surface area (Å²) in [6.07, 6.45) is 3.98. The Kier molecular flexibility index (Phi) is 5.50. The standard InChI is InChI=1S/C18H16N2O3/c1-2-13-7-6-10-15(11-13)20-16(21)12-19-18(23)17(22)14-8-4-3-5-9-14/h1,3-11,17,22H,12H2,(H,19,23)(H,20,21). The molecule has 0 saturated heterocycles. The predicted molar refractivity (Wildman–Crippen MR) is 87.4 cm³/mol. The largest absolute Gasteiger partial charge is 0.378 e. The summed E-state index contributed by atoms with van der Waals surface area (Å²) >= 11 is 0. The Morgan fingerprint density at radius 3 is 2.57 bits per heavy atom. The van der Waals surface area contributed by atoms with Crippen molar-refractivity contribution in [2.75, 3.05) is 11.9 Å². The van der Waals surface area contributed by atoms with Crippen LogP contribution in [0.5, 0.6) is 0 Å². The van der Waals surface area contributed by atoms with E-state index in [4.69, 9.17) is 6.42 Å². The first-order valence-corrected chi connectivity index (χ1v) is 6.97. The van der Waals surface area contributed by atoms with Gasteiger partial charge in [0.2, 0.25) is 5.91 Å². The highest BCUT2D eigenvalue weighted by Crippen LogP contribution is 2.12. The smallest absolute Gasteiger partial charge is 0.253 e. The fourth-order valence-electron chi connectivity index (χ4n) is 1.94. The molecule has 0 bridgehead atoms. The summed E-state index contributed by atoms with van der Waals surface area (Å²) in [5.74, 6) is 1.42. The van der Waals surface area contributed by atoms with Gasteiger partial charge in [0.05, 0.1) is 6.54 Å². The van der Waals surface area contributed by atoms with Crippen LogP contribution >= 0.6 is 0 Å². The number of hydrogen-bond donors (Lipinski definition) is 3. The van der Waals surface area contributed by atoms with E-state index in [1.807, 2.05) is 0 Å². The molecule has 5 nitrogen and oxygen atoms in total. The molecule has 0 aliphatic carbocycles. The molecule has 3 N–H and O–H groups in total. The van der Waals surface area contributed by atoms with Crippen molar-refractivity contribution in [2.45, 2.75) is 6.10 Å². The number of aliphatic hydroxyl groups excluding tert-OH is 1. The van der Waals surface area contributed by atoms with Gasteiger partial charge in [-0.05, 0) is 23.8 Å². The zero-order valence-corrected chi connectivity index (χ0v) is 12.3. The van der Waals surface area contributed by atoms with E-state index in [1.165, 1.54) is 0 Å². The molecular weight excluding hydrogens is 292 g/mol. The molecule has 1 unspecified atom stereocenters. The maximum absolute atomic E-state index is 11.8. The lowest BCUT2D eigenvalue weighted by atomic mass is 10.1. The first-order valence-electron chi connectivity index (χ1n) is 6.97. The highest BCUT2D eigenvalue weighted by atomic mass is 16.3. The second-order valence-electron chi connectivity index (χ2n) is 4.80. The Balaban J connectivity index is 1.86. The van der Waals surface area contributed by atoms with E-state index in [9.17, 15) is 14.7 Å². The van der Waals surface area contributed by atoms with E-state index in [0.29, 0.717) is 16.8 Å². The van der Waals surface area contributed by atoms with Gasteiger partial charge in [0, 0.05) is 11.3 Å². The zero-order valence-electron chi connectivity index (χ0n) is 12.3. The van der Waals surface area contributed by atoms with E-state index in [1.54, 1.807) is 54.6 Å². The minimum Gasteiger partial charge on any atom is -0.378 e. The molecule has 23 heavy (non-hydrogen) atoms. The summed E-state index contributed by atoms with van der Waals surface area (Å²) in [6, 6.07) is 15.3. The lowest BCUT2D eigenvalue weighted by molar-refractivity contribution is -0.131. The van der Waals surface area contributed by atoms with Crippen molar-refractivity contribution in [2.24, 2.45) is 0 Å². The topological polar surface area (TPSA) is 78.4 Å². The number of carbonyl (C=O) groups excluding carboxylic acids is 2. The van der Waals surface area contributed by atoms with E-state index in [2.05, 4.69) is 16.6 Å². The van der Waals surface area contributed by atoms with Gasteiger partial charge in [0.1, 0.15) is 0 Å². The van der Waals surface area contributed by atoms with Crippen LogP contribution in [0.15, 0.2) is 54.6 Å². The quantitative estimate of drug-likeness (QED) is 0.732. The zero-order chi connectivity index (χ0) is 16.7. The van der Waals surface area contributed by atoms with Crippen LogP contribution in [0.1, 0.15) is 17.2 Å². The fraction of sp³-hybridized carbons (Fsp3) is 0.111. The second kappa shape index (κ2) is 7.78. The molecule has 1 atom stereocenters. The Labute approximate surface area is 134 Å². The monoisotopic (exact) mass is 308 g/mol. The SMILES string of the molecule is C#Cc1cccc(NC(=O)CNC(=O)C(O)c2ccccc2)c1. The molecular formula is C18H16N2O3. The lowest BCUT2D eigenvalue weighted by Crippen LogP contribution is -2.36. The molecule has 2 aromatic carbocycles. The number of aliphatic hydroxyl groups is 1. The van der Waals surface area contributed by atoms with Crippen molar-refractivity contribution in [1.29, 1.82) is 0 Å². The Morgan fingerprint density at radius 2 is 1.87 bits per heavy atom. The molecule has 0 spiro atoms. The number of terminal acetylenes is 1. The van der Waals surface area contributed by atoms with Crippen LogP contribution in [0.2, 0.25) is 0 Å². The van der Waals surface area contributed by atoms with Crippen LogP contribution in [0.25, 0.3) is 0 Å². The highest BCUT2D eigenvalue weighted by Gasteiger charge is 2.17. The molecule has 0 saturated carbocycles. The third-order valence-electron chi connectivity index (χ3n) is 3.10. The predicted octanol–water partition coefficient (Wildman–Crippen LogP) is 1.46. The normalized spacial score (nSPS) is 11.1. The van der Waals surface area contributed by atoms with Gasteiger partial charge >= 0.3 is 0 Å². The summed E-state index contributed by atoms with van der Waals surface area (Å²) in [6.45, 7) is -0.247. The summed E-state index contributed by atoms with van der Waals surface area (Å²) in [5, 5.41) is 14.9. The van der Waals surface area contributed by atoms with Gasteiger partial charge in [-0.15, -0.1) is 6.42 Å². The van der Waals surface area contributed by atoms with Crippen LogP contribution in [-0.4, -0.2) is 23.5 Å². The first-order chi connectivity index (χ1) is 11.1. The summed E-state index contributed by atoms with van der Waals surface area (Å²) in [7, 11) is 0. The molecule has 0 heterocycles. The molecule has 0 aliphatic heterocycles. The van der Waals surface area contributed by atoms with Gasteiger partial charge in [-0.2, -0.15) is 0 Å². The summed E-state index contributed by atoms with van der Waals surface area (Å²) in [4.78, 5) is 23.6. The Bertz CT molecular complexity index is 735. The minimum absolute atomic E-state index is 0.247. The van der Waals surface area contributed by atoms with Crippen LogP contribution in [0, 0.1) is 12.3 Å². The van der Waals surface area contributed by atoms with E-state index < -0.39 is 17.9 Å². The van der Waals surface area contributed by atoms with Crippen LogP contribution in [0.4, 0.5) is 5.69 Å².